The molecule has 133 valence electrons. The van der Waals surface area contributed by atoms with E-state index in [2.05, 4.69) is 20.8 Å². The Bertz CT molecular complexity index is 532. The highest BCUT2D eigenvalue weighted by atomic mass is 17.2. The number of rotatable bonds is 6. The lowest BCUT2D eigenvalue weighted by Crippen LogP contribution is -2.28. The van der Waals surface area contributed by atoms with Gasteiger partial charge in [0.1, 0.15) is 17.1 Å². The first-order valence-electron chi connectivity index (χ1n) is 8.43. The van der Waals surface area contributed by atoms with E-state index < -0.39 is 5.97 Å². The van der Waals surface area contributed by atoms with Crippen LogP contribution in [0.25, 0.3) is 0 Å². The van der Waals surface area contributed by atoms with Gasteiger partial charge in [0, 0.05) is 0 Å². The number of benzene rings is 1. The van der Waals surface area contributed by atoms with Gasteiger partial charge in [-0.2, -0.15) is 4.89 Å². The standard InChI is InChI=1S/C19H27O5/c1-12(2)14-10-9-13(3)11-17(14)23-24-19(20)18-15(21-4)7-6-8-16(18)22-5/h6-8,12-14H,9-11H2,1-5H3. The van der Waals surface area contributed by atoms with Gasteiger partial charge in [-0.15, -0.1) is 0 Å². The Kier molecular flexibility index (Phi) is 6.49. The van der Waals surface area contributed by atoms with Gasteiger partial charge in [-0.25, -0.2) is 4.79 Å². The van der Waals surface area contributed by atoms with E-state index in [9.17, 15) is 4.79 Å². The van der Waals surface area contributed by atoms with Gasteiger partial charge in [0.2, 0.25) is 0 Å². The van der Waals surface area contributed by atoms with Crippen LogP contribution in [-0.4, -0.2) is 20.2 Å². The number of carbonyl (C=O) groups excluding carboxylic acids is 1. The van der Waals surface area contributed by atoms with E-state index in [0.717, 1.165) is 18.9 Å². The maximum absolute atomic E-state index is 12.5. The fraction of sp³-hybridized carbons (Fsp3) is 0.579. The molecule has 1 aromatic rings. The average Bonchev–Trinajstić information content (AvgIpc) is 2.58. The Balaban J connectivity index is 2.09. The van der Waals surface area contributed by atoms with Gasteiger partial charge in [0.15, 0.2) is 6.10 Å². The number of ether oxygens (including phenoxy) is 2. The molecule has 2 unspecified atom stereocenters. The van der Waals surface area contributed by atoms with Crippen LogP contribution in [0.1, 0.15) is 50.4 Å². The van der Waals surface area contributed by atoms with Gasteiger partial charge in [-0.05, 0) is 42.7 Å². The fourth-order valence-electron chi connectivity index (χ4n) is 3.21. The lowest BCUT2D eigenvalue weighted by Gasteiger charge is -2.34. The van der Waals surface area contributed by atoms with Gasteiger partial charge in [0.25, 0.3) is 0 Å². The van der Waals surface area contributed by atoms with Crippen molar-refractivity contribution in [2.75, 3.05) is 14.2 Å². The van der Waals surface area contributed by atoms with Crippen LogP contribution < -0.4 is 9.47 Å². The smallest absolute Gasteiger partial charge is 0.380 e. The second-order valence-electron chi connectivity index (χ2n) is 6.70. The molecule has 0 N–H and O–H groups in total. The second kappa shape index (κ2) is 8.38. The van der Waals surface area contributed by atoms with E-state index in [1.165, 1.54) is 20.6 Å². The summed E-state index contributed by atoms with van der Waals surface area (Å²) in [5, 5.41) is 0. The fourth-order valence-corrected chi connectivity index (χ4v) is 3.21. The van der Waals surface area contributed by atoms with Crippen molar-refractivity contribution in [3.8, 4) is 11.5 Å². The number of hydrogen-bond acceptors (Lipinski definition) is 5. The van der Waals surface area contributed by atoms with Crippen molar-refractivity contribution >= 4 is 5.97 Å². The zero-order valence-corrected chi connectivity index (χ0v) is 15.1. The summed E-state index contributed by atoms with van der Waals surface area (Å²) < 4.78 is 10.5. The van der Waals surface area contributed by atoms with Crippen LogP contribution in [0, 0.1) is 23.9 Å². The molecule has 1 aliphatic rings. The molecule has 5 nitrogen and oxygen atoms in total. The summed E-state index contributed by atoms with van der Waals surface area (Å²) >= 11 is 0. The Morgan fingerprint density at radius 3 is 2.29 bits per heavy atom. The minimum Gasteiger partial charge on any atom is -0.496 e. The second-order valence-corrected chi connectivity index (χ2v) is 6.70. The normalized spacial score (nSPS) is 21.6. The highest BCUT2D eigenvalue weighted by Gasteiger charge is 2.35. The molecule has 1 aromatic carbocycles. The quantitative estimate of drug-likeness (QED) is 0.569. The summed E-state index contributed by atoms with van der Waals surface area (Å²) in [4.78, 5) is 23.1. The van der Waals surface area contributed by atoms with E-state index in [0.29, 0.717) is 29.3 Å². The first-order chi connectivity index (χ1) is 11.5. The summed E-state index contributed by atoms with van der Waals surface area (Å²) in [5.41, 5.74) is 0.230. The van der Waals surface area contributed by atoms with Crippen molar-refractivity contribution < 1.29 is 24.0 Å². The van der Waals surface area contributed by atoms with Gasteiger partial charge in [-0.3, -0.25) is 4.89 Å². The molecular formula is C19H27O5. The summed E-state index contributed by atoms with van der Waals surface area (Å²) in [6.45, 7) is 6.51. The SMILES string of the molecule is COc1cccc(OC)c1C(=O)OO[C]1CC(C)CCC1C(C)C. The molecule has 0 amide bonds. The molecule has 1 saturated carbocycles. The van der Waals surface area contributed by atoms with Crippen molar-refractivity contribution in [3.05, 3.63) is 29.9 Å². The molecule has 0 spiro atoms. The van der Waals surface area contributed by atoms with Gasteiger partial charge in [0.05, 0.1) is 14.2 Å². The first kappa shape index (κ1) is 18.6. The van der Waals surface area contributed by atoms with Crippen LogP contribution in [0.5, 0.6) is 11.5 Å². The minimum atomic E-state index is -0.613. The van der Waals surface area contributed by atoms with Gasteiger partial charge in [-0.1, -0.05) is 33.3 Å². The molecule has 5 heteroatoms. The predicted molar refractivity (Wildman–Crippen MR) is 90.6 cm³/mol. The maximum Gasteiger partial charge on any atom is 0.380 e. The third-order valence-corrected chi connectivity index (χ3v) is 4.59. The number of hydrogen-bond donors (Lipinski definition) is 0. The van der Waals surface area contributed by atoms with Gasteiger partial charge < -0.3 is 9.47 Å². The maximum atomic E-state index is 12.5. The predicted octanol–water partition coefficient (Wildman–Crippen LogP) is 4.42. The summed E-state index contributed by atoms with van der Waals surface area (Å²) in [6, 6.07) is 5.12. The Hall–Kier alpha value is -1.75. The van der Waals surface area contributed by atoms with Crippen LogP contribution in [-0.2, 0) is 9.78 Å². The monoisotopic (exact) mass is 335 g/mol. The number of methoxy groups -OCH3 is 2. The Morgan fingerprint density at radius 2 is 1.75 bits per heavy atom. The third-order valence-electron chi connectivity index (χ3n) is 4.59. The van der Waals surface area contributed by atoms with Crippen LogP contribution in [0.3, 0.4) is 0 Å². The van der Waals surface area contributed by atoms with Crippen molar-refractivity contribution in [1.82, 2.24) is 0 Å². The molecule has 0 bridgehead atoms. The molecule has 0 heterocycles. The Labute approximate surface area is 144 Å². The molecule has 0 aromatic heterocycles. The zero-order chi connectivity index (χ0) is 17.7. The largest absolute Gasteiger partial charge is 0.496 e. The van der Waals surface area contributed by atoms with Crippen molar-refractivity contribution in [2.24, 2.45) is 17.8 Å². The molecule has 0 saturated heterocycles. The van der Waals surface area contributed by atoms with Gasteiger partial charge >= 0.3 is 5.97 Å². The molecule has 0 aliphatic heterocycles. The topological polar surface area (TPSA) is 54.0 Å². The van der Waals surface area contributed by atoms with Crippen molar-refractivity contribution in [3.63, 3.8) is 0 Å². The van der Waals surface area contributed by atoms with E-state index in [1.54, 1.807) is 18.2 Å². The summed E-state index contributed by atoms with van der Waals surface area (Å²) in [7, 11) is 3.00. The van der Waals surface area contributed by atoms with Crippen LogP contribution in [0.4, 0.5) is 0 Å². The van der Waals surface area contributed by atoms with E-state index >= 15 is 0 Å². The van der Waals surface area contributed by atoms with E-state index in [-0.39, 0.29) is 5.56 Å². The molecule has 1 fully saturated rings. The zero-order valence-electron chi connectivity index (χ0n) is 15.1. The summed E-state index contributed by atoms with van der Waals surface area (Å²) in [5.74, 6) is 1.48. The van der Waals surface area contributed by atoms with Crippen molar-refractivity contribution in [1.29, 1.82) is 0 Å². The molecule has 2 atom stereocenters. The van der Waals surface area contributed by atoms with Crippen LogP contribution >= 0.6 is 0 Å². The molecule has 2 rings (SSSR count). The van der Waals surface area contributed by atoms with Crippen LogP contribution in [0.2, 0.25) is 0 Å². The van der Waals surface area contributed by atoms with E-state index in [1.807, 2.05) is 0 Å². The van der Waals surface area contributed by atoms with Crippen molar-refractivity contribution in [2.45, 2.75) is 40.0 Å². The third kappa shape index (κ3) is 4.20. The highest BCUT2D eigenvalue weighted by Crippen LogP contribution is 2.40. The first-order valence-corrected chi connectivity index (χ1v) is 8.43. The lowest BCUT2D eigenvalue weighted by molar-refractivity contribution is -0.251. The molecule has 1 aliphatic carbocycles. The molecule has 24 heavy (non-hydrogen) atoms. The molecule has 1 radical (unpaired) electrons. The summed E-state index contributed by atoms with van der Waals surface area (Å²) in [6.07, 6.45) is 3.90. The molecular weight excluding hydrogens is 308 g/mol. The lowest BCUT2D eigenvalue weighted by atomic mass is 9.75. The Morgan fingerprint density at radius 1 is 1.12 bits per heavy atom. The van der Waals surface area contributed by atoms with E-state index in [4.69, 9.17) is 19.2 Å². The highest BCUT2D eigenvalue weighted by molar-refractivity contribution is 5.95. The number of carbonyl (C=O) groups is 1. The average molecular weight is 335 g/mol. The minimum absolute atomic E-state index is 0.230. The van der Waals surface area contributed by atoms with Crippen LogP contribution in [0.15, 0.2) is 18.2 Å².